The van der Waals surface area contributed by atoms with Gasteiger partial charge in [0.05, 0.1) is 34.8 Å². The predicted octanol–water partition coefficient (Wildman–Crippen LogP) is 7.24. The number of ether oxygens (including phenoxy) is 1. The normalized spacial score (nSPS) is 19.9. The summed E-state index contributed by atoms with van der Waals surface area (Å²) in [6, 6.07) is 11.7. The first-order valence-electron chi connectivity index (χ1n) is 14.5. The van der Waals surface area contributed by atoms with Crippen molar-refractivity contribution in [2.75, 3.05) is 30.8 Å². The van der Waals surface area contributed by atoms with Crippen molar-refractivity contribution in [1.29, 1.82) is 0 Å². The van der Waals surface area contributed by atoms with Gasteiger partial charge < -0.3 is 20.3 Å². The van der Waals surface area contributed by atoms with Crippen LogP contribution in [0.15, 0.2) is 47.5 Å². The van der Waals surface area contributed by atoms with E-state index in [0.717, 1.165) is 17.5 Å². The maximum Gasteiger partial charge on any atom is 0.229 e. The van der Waals surface area contributed by atoms with Crippen LogP contribution in [0.1, 0.15) is 69.4 Å². The molecule has 2 aliphatic rings. The first-order valence-corrected chi connectivity index (χ1v) is 16.4. The summed E-state index contributed by atoms with van der Waals surface area (Å²) in [6.45, 7) is 7.98. The molecule has 1 aliphatic carbocycles. The molecular weight excluding hydrogens is 558 g/mol. The molecule has 1 saturated heterocycles. The molecule has 2 aromatic carbocycles. The number of halogens is 1. The first-order chi connectivity index (χ1) is 19.7. The minimum Gasteiger partial charge on any atom is -0.495 e. The Hall–Kier alpha value is -2.88. The van der Waals surface area contributed by atoms with Crippen molar-refractivity contribution in [3.8, 4) is 5.75 Å². The van der Waals surface area contributed by atoms with Crippen LogP contribution in [0.3, 0.4) is 0 Å². The van der Waals surface area contributed by atoms with Crippen molar-refractivity contribution >= 4 is 44.6 Å². The van der Waals surface area contributed by atoms with Gasteiger partial charge in [0, 0.05) is 6.04 Å². The summed E-state index contributed by atoms with van der Waals surface area (Å²) in [5.41, 5.74) is 3.72. The Labute approximate surface area is 248 Å². The molecule has 2 N–H and O–H groups in total. The number of nitrogens with zero attached hydrogens (tertiary/aromatic N) is 3. The summed E-state index contributed by atoms with van der Waals surface area (Å²) in [5, 5.41) is 6.10. The zero-order valence-corrected chi connectivity index (χ0v) is 25.9. The van der Waals surface area contributed by atoms with Gasteiger partial charge in [0.1, 0.15) is 10.8 Å². The fourth-order valence-electron chi connectivity index (χ4n) is 6.10. The minimum absolute atomic E-state index is 0.196. The van der Waals surface area contributed by atoms with Crippen molar-refractivity contribution in [3.05, 3.63) is 58.7 Å². The Morgan fingerprint density at radius 2 is 1.73 bits per heavy atom. The molecule has 0 bridgehead atoms. The Morgan fingerprint density at radius 3 is 2.41 bits per heavy atom. The summed E-state index contributed by atoms with van der Waals surface area (Å²) in [4.78, 5) is 11.8. The van der Waals surface area contributed by atoms with E-state index < -0.39 is 15.1 Å². The van der Waals surface area contributed by atoms with Crippen LogP contribution in [-0.2, 0) is 9.84 Å². The molecule has 2 heterocycles. The summed E-state index contributed by atoms with van der Waals surface area (Å²) >= 11 is 6.43. The first kappa shape index (κ1) is 29.6. The molecule has 5 rings (SSSR count). The van der Waals surface area contributed by atoms with Crippen molar-refractivity contribution in [2.45, 2.75) is 81.4 Å². The monoisotopic (exact) mass is 597 g/mol. The average Bonchev–Trinajstić information content (AvgIpc) is 3.50. The largest absolute Gasteiger partial charge is 0.495 e. The fraction of sp³-hybridized carbons (Fsp3) is 0.484. The number of hydrogen-bond acceptors (Lipinski definition) is 8. The van der Waals surface area contributed by atoms with Crippen molar-refractivity contribution in [2.24, 2.45) is 0 Å². The molecule has 8 nitrogen and oxygen atoms in total. The number of anilines is 4. The lowest BCUT2D eigenvalue weighted by Crippen LogP contribution is -2.35. The molecule has 0 amide bonds. The van der Waals surface area contributed by atoms with E-state index in [2.05, 4.69) is 44.6 Å². The summed E-state index contributed by atoms with van der Waals surface area (Å²) in [6.07, 6.45) is 9.07. The molecule has 3 aromatic rings. The van der Waals surface area contributed by atoms with E-state index in [1.807, 2.05) is 0 Å². The Balaban J connectivity index is 1.35. The molecule has 1 aliphatic heterocycles. The van der Waals surface area contributed by atoms with Gasteiger partial charge in [-0.1, -0.05) is 23.7 Å². The van der Waals surface area contributed by atoms with Gasteiger partial charge in [-0.15, -0.1) is 0 Å². The second-order valence-electron chi connectivity index (χ2n) is 11.4. The highest BCUT2D eigenvalue weighted by Crippen LogP contribution is 2.41. The third-order valence-corrected chi connectivity index (χ3v) is 10.9. The van der Waals surface area contributed by atoms with Crippen LogP contribution in [-0.4, -0.2) is 54.8 Å². The standard InChI is InChI=1S/C31H40ClN5O3S/c1-20(2)41(38,39)29-10-6-5-9-26(29)34-30-25(32)19-33-31(36-30)35-27-17-21(3)24(18-28(27)40-4)22-11-13-23(14-12-22)37-15-7-8-16-37/h5-6,9-10,17-20,22-23H,7-8,11-16H2,1-4H3,(H2,33,34,35,36)/t22-,23+. The average molecular weight is 598 g/mol. The zero-order valence-electron chi connectivity index (χ0n) is 24.3. The fourth-order valence-corrected chi connectivity index (χ4v) is 7.44. The number of likely N-dealkylation sites (tertiary alicyclic amines) is 1. The van der Waals surface area contributed by atoms with E-state index in [0.29, 0.717) is 23.4 Å². The molecule has 41 heavy (non-hydrogen) atoms. The number of sulfone groups is 1. The van der Waals surface area contributed by atoms with Crippen molar-refractivity contribution < 1.29 is 13.2 Å². The quantitative estimate of drug-likeness (QED) is 0.266. The maximum atomic E-state index is 12.9. The lowest BCUT2D eigenvalue weighted by molar-refractivity contribution is 0.182. The number of aromatic nitrogens is 2. The molecule has 220 valence electrons. The van der Waals surface area contributed by atoms with Crippen LogP contribution >= 0.6 is 11.6 Å². The Bertz CT molecular complexity index is 1480. The highest BCUT2D eigenvalue weighted by Gasteiger charge is 2.29. The van der Waals surface area contributed by atoms with Gasteiger partial charge in [-0.3, -0.25) is 0 Å². The number of methoxy groups -OCH3 is 1. The topological polar surface area (TPSA) is 96.5 Å². The van der Waals surface area contributed by atoms with E-state index in [1.54, 1.807) is 45.2 Å². The SMILES string of the molecule is COc1cc([C@H]2CC[C@@H](N3CCCC3)CC2)c(C)cc1Nc1ncc(Cl)c(Nc2ccccc2S(=O)(=O)C(C)C)n1. The third kappa shape index (κ3) is 6.47. The molecule has 0 unspecified atom stereocenters. The van der Waals surface area contributed by atoms with Crippen molar-refractivity contribution in [3.63, 3.8) is 0 Å². The lowest BCUT2D eigenvalue weighted by Gasteiger charge is -2.35. The minimum atomic E-state index is -3.52. The van der Waals surface area contributed by atoms with Crippen LogP contribution in [0.2, 0.25) is 5.02 Å². The van der Waals surface area contributed by atoms with Crippen LogP contribution in [0.5, 0.6) is 5.75 Å². The summed E-state index contributed by atoms with van der Waals surface area (Å²) in [5.74, 6) is 1.88. The molecule has 10 heteroatoms. The van der Waals surface area contributed by atoms with Gasteiger partial charge in [-0.25, -0.2) is 13.4 Å². The number of nitrogens with one attached hydrogen (secondary N) is 2. The number of aryl methyl sites for hydroxylation is 1. The van der Waals surface area contributed by atoms with Crippen molar-refractivity contribution in [1.82, 2.24) is 14.9 Å². The zero-order chi connectivity index (χ0) is 29.1. The van der Waals surface area contributed by atoms with Gasteiger partial charge in [0.15, 0.2) is 15.7 Å². The molecular formula is C31H40ClN5O3S. The van der Waals surface area contributed by atoms with Crippen LogP contribution in [0, 0.1) is 6.92 Å². The van der Waals surface area contributed by atoms with E-state index in [1.165, 1.54) is 68.9 Å². The second kappa shape index (κ2) is 12.5. The van der Waals surface area contributed by atoms with Gasteiger partial charge in [0.25, 0.3) is 0 Å². The number of para-hydroxylation sites is 1. The number of hydrogen-bond donors (Lipinski definition) is 2. The molecule has 0 atom stereocenters. The highest BCUT2D eigenvalue weighted by atomic mass is 35.5. The van der Waals surface area contributed by atoms with E-state index in [4.69, 9.17) is 16.3 Å². The Morgan fingerprint density at radius 1 is 1.02 bits per heavy atom. The smallest absolute Gasteiger partial charge is 0.229 e. The third-order valence-electron chi connectivity index (χ3n) is 8.44. The molecule has 0 spiro atoms. The van der Waals surface area contributed by atoms with Gasteiger partial charge in [-0.05, 0) is 114 Å². The number of rotatable bonds is 9. The van der Waals surface area contributed by atoms with E-state index in [-0.39, 0.29) is 9.92 Å². The summed E-state index contributed by atoms with van der Waals surface area (Å²) in [7, 11) is -1.85. The second-order valence-corrected chi connectivity index (χ2v) is 14.3. The maximum absolute atomic E-state index is 12.9. The molecule has 0 radical (unpaired) electrons. The van der Waals surface area contributed by atoms with E-state index >= 15 is 0 Å². The van der Waals surface area contributed by atoms with Crippen LogP contribution in [0.25, 0.3) is 0 Å². The molecule has 1 saturated carbocycles. The molecule has 2 fully saturated rings. The van der Waals surface area contributed by atoms with Gasteiger partial charge in [-0.2, -0.15) is 4.98 Å². The molecule has 1 aromatic heterocycles. The number of benzene rings is 2. The highest BCUT2D eigenvalue weighted by molar-refractivity contribution is 7.92. The lowest BCUT2D eigenvalue weighted by atomic mass is 9.79. The predicted molar refractivity (Wildman–Crippen MR) is 166 cm³/mol. The van der Waals surface area contributed by atoms with E-state index in [9.17, 15) is 8.42 Å². The van der Waals surface area contributed by atoms with Gasteiger partial charge in [0.2, 0.25) is 5.95 Å². The van der Waals surface area contributed by atoms with Gasteiger partial charge >= 0.3 is 0 Å². The Kier molecular flexibility index (Phi) is 9.06. The van der Waals surface area contributed by atoms with Crippen LogP contribution < -0.4 is 15.4 Å². The van der Waals surface area contributed by atoms with Crippen LogP contribution in [0.4, 0.5) is 23.1 Å². The summed E-state index contributed by atoms with van der Waals surface area (Å²) < 4.78 is 31.6.